The molecule has 1 aromatic rings. The molecule has 1 saturated heterocycles. The molecule has 1 N–H and O–H groups in total. The van der Waals surface area contributed by atoms with Gasteiger partial charge in [-0.15, -0.1) is 0 Å². The van der Waals surface area contributed by atoms with E-state index in [1.807, 2.05) is 6.07 Å². The fourth-order valence-electron chi connectivity index (χ4n) is 2.79. The van der Waals surface area contributed by atoms with Gasteiger partial charge in [0.15, 0.2) is 5.90 Å². The smallest absolute Gasteiger partial charge is 0.180 e. The Labute approximate surface area is 133 Å². The predicted octanol–water partition coefficient (Wildman–Crippen LogP) is 3.85. The Morgan fingerprint density at radius 3 is 2.77 bits per heavy atom. The molecule has 1 heterocycles. The van der Waals surface area contributed by atoms with Crippen LogP contribution in [0.5, 0.6) is 5.75 Å². The van der Waals surface area contributed by atoms with E-state index in [1.54, 1.807) is 7.11 Å². The number of ether oxygens (including phenoxy) is 2. The molecule has 0 saturated carbocycles. The minimum atomic E-state index is 0.350. The summed E-state index contributed by atoms with van der Waals surface area (Å²) in [5.74, 6) is 1.31. The second-order valence-electron chi connectivity index (χ2n) is 5.92. The zero-order valence-corrected chi connectivity index (χ0v) is 13.6. The summed E-state index contributed by atoms with van der Waals surface area (Å²) in [5.41, 5.74) is 1.33. The van der Waals surface area contributed by atoms with Crippen LogP contribution in [0.4, 0.5) is 0 Å². The average molecular weight is 304 g/mol. The van der Waals surface area contributed by atoms with Gasteiger partial charge in [-0.25, -0.2) is 0 Å². The minimum Gasteiger partial charge on any atom is -0.494 e. The maximum atomic E-state index is 7.42. The molecule has 1 aromatic carbocycles. The SMILES string of the molecule is COC(=N)CCCCOc1cccc(CN2CCCCC2)c1. The number of nitrogens with zero attached hydrogens (tertiary/aromatic N) is 1. The van der Waals surface area contributed by atoms with E-state index in [-0.39, 0.29) is 0 Å². The summed E-state index contributed by atoms with van der Waals surface area (Å²) in [7, 11) is 1.55. The molecule has 4 heteroatoms. The van der Waals surface area contributed by atoms with Crippen molar-refractivity contribution in [3.8, 4) is 5.75 Å². The first-order valence-electron chi connectivity index (χ1n) is 8.33. The molecular weight excluding hydrogens is 276 g/mol. The van der Waals surface area contributed by atoms with Crippen LogP contribution in [0.2, 0.25) is 0 Å². The lowest BCUT2D eigenvalue weighted by molar-refractivity contribution is 0.220. The molecule has 2 rings (SSSR count). The van der Waals surface area contributed by atoms with E-state index < -0.39 is 0 Å². The van der Waals surface area contributed by atoms with E-state index in [9.17, 15) is 0 Å². The highest BCUT2D eigenvalue weighted by molar-refractivity contribution is 5.72. The molecule has 0 spiro atoms. The molecule has 0 unspecified atom stereocenters. The molecule has 0 atom stereocenters. The first-order chi connectivity index (χ1) is 10.8. The van der Waals surface area contributed by atoms with Crippen LogP contribution in [0, 0.1) is 5.41 Å². The highest BCUT2D eigenvalue weighted by atomic mass is 16.5. The molecule has 0 aromatic heterocycles. The second kappa shape index (κ2) is 9.46. The van der Waals surface area contributed by atoms with Gasteiger partial charge in [-0.3, -0.25) is 10.3 Å². The van der Waals surface area contributed by atoms with Gasteiger partial charge in [0.25, 0.3) is 0 Å². The first-order valence-corrected chi connectivity index (χ1v) is 8.33. The van der Waals surface area contributed by atoms with Crippen molar-refractivity contribution in [1.82, 2.24) is 4.90 Å². The van der Waals surface area contributed by atoms with Crippen LogP contribution >= 0.6 is 0 Å². The number of rotatable bonds is 8. The van der Waals surface area contributed by atoms with Crippen LogP contribution < -0.4 is 4.74 Å². The van der Waals surface area contributed by atoms with E-state index in [1.165, 1.54) is 37.9 Å². The lowest BCUT2D eigenvalue weighted by Crippen LogP contribution is -2.29. The minimum absolute atomic E-state index is 0.350. The summed E-state index contributed by atoms with van der Waals surface area (Å²) in [6.45, 7) is 4.17. The number of likely N-dealkylation sites (tertiary alicyclic amines) is 1. The Morgan fingerprint density at radius 1 is 1.18 bits per heavy atom. The molecule has 0 radical (unpaired) electrons. The summed E-state index contributed by atoms with van der Waals surface area (Å²) in [4.78, 5) is 2.53. The number of nitrogens with one attached hydrogen (secondary N) is 1. The van der Waals surface area contributed by atoms with Gasteiger partial charge in [-0.05, 0) is 56.5 Å². The van der Waals surface area contributed by atoms with Crippen LogP contribution in [0.1, 0.15) is 44.1 Å². The van der Waals surface area contributed by atoms with Crippen molar-refractivity contribution < 1.29 is 9.47 Å². The Bertz CT molecular complexity index is 456. The number of hydrogen-bond donors (Lipinski definition) is 1. The van der Waals surface area contributed by atoms with Crippen molar-refractivity contribution in [2.24, 2.45) is 0 Å². The largest absolute Gasteiger partial charge is 0.494 e. The van der Waals surface area contributed by atoms with Crippen molar-refractivity contribution in [1.29, 1.82) is 5.41 Å². The van der Waals surface area contributed by atoms with E-state index in [2.05, 4.69) is 23.1 Å². The van der Waals surface area contributed by atoms with Crippen molar-refractivity contribution in [3.63, 3.8) is 0 Å². The third-order valence-electron chi connectivity index (χ3n) is 4.07. The fourth-order valence-corrected chi connectivity index (χ4v) is 2.79. The quantitative estimate of drug-likeness (QED) is 0.451. The Hall–Kier alpha value is -1.55. The van der Waals surface area contributed by atoms with E-state index >= 15 is 0 Å². The van der Waals surface area contributed by atoms with Gasteiger partial charge in [0.05, 0.1) is 13.7 Å². The summed E-state index contributed by atoms with van der Waals surface area (Å²) >= 11 is 0. The summed E-state index contributed by atoms with van der Waals surface area (Å²) in [6.07, 6.45) is 6.59. The van der Waals surface area contributed by atoms with Crippen LogP contribution in [0.25, 0.3) is 0 Å². The van der Waals surface area contributed by atoms with Gasteiger partial charge in [-0.2, -0.15) is 0 Å². The third-order valence-corrected chi connectivity index (χ3v) is 4.07. The molecule has 0 bridgehead atoms. The maximum Gasteiger partial charge on any atom is 0.180 e. The molecule has 22 heavy (non-hydrogen) atoms. The lowest BCUT2D eigenvalue weighted by Gasteiger charge is -2.26. The standard InChI is InChI=1S/C18H28N2O2/c1-21-18(19)10-3-6-13-22-17-9-7-8-16(14-17)15-20-11-4-2-5-12-20/h7-9,14,19H,2-6,10-13,15H2,1H3. The van der Waals surface area contributed by atoms with Gasteiger partial charge in [0.2, 0.25) is 0 Å². The van der Waals surface area contributed by atoms with Crippen molar-refractivity contribution >= 4 is 5.90 Å². The Morgan fingerprint density at radius 2 is 2.00 bits per heavy atom. The van der Waals surface area contributed by atoms with Crippen LogP contribution in [-0.4, -0.2) is 37.6 Å². The van der Waals surface area contributed by atoms with Gasteiger partial charge in [0.1, 0.15) is 5.75 Å². The monoisotopic (exact) mass is 304 g/mol. The molecular formula is C18H28N2O2. The lowest BCUT2D eigenvalue weighted by atomic mass is 10.1. The molecule has 1 aliphatic rings. The second-order valence-corrected chi connectivity index (χ2v) is 5.92. The molecule has 1 aliphatic heterocycles. The first kappa shape index (κ1) is 16.8. The zero-order chi connectivity index (χ0) is 15.6. The summed E-state index contributed by atoms with van der Waals surface area (Å²) in [6, 6.07) is 8.44. The van der Waals surface area contributed by atoms with Crippen molar-refractivity contribution in [2.75, 3.05) is 26.8 Å². The number of piperidine rings is 1. The van der Waals surface area contributed by atoms with Crippen LogP contribution in [0.3, 0.4) is 0 Å². The van der Waals surface area contributed by atoms with Gasteiger partial charge >= 0.3 is 0 Å². The fraction of sp³-hybridized carbons (Fsp3) is 0.611. The maximum absolute atomic E-state index is 7.42. The molecule has 1 fully saturated rings. The number of hydrogen-bond acceptors (Lipinski definition) is 4. The number of benzene rings is 1. The normalized spacial score (nSPS) is 15.5. The van der Waals surface area contributed by atoms with E-state index in [0.29, 0.717) is 18.9 Å². The summed E-state index contributed by atoms with van der Waals surface area (Å²) < 4.78 is 10.7. The number of unbranched alkanes of at least 4 members (excludes halogenated alkanes) is 1. The van der Waals surface area contributed by atoms with Crippen LogP contribution in [0.15, 0.2) is 24.3 Å². The van der Waals surface area contributed by atoms with Crippen molar-refractivity contribution in [2.45, 2.75) is 45.1 Å². The molecule has 0 amide bonds. The average Bonchev–Trinajstić information content (AvgIpc) is 2.55. The zero-order valence-electron chi connectivity index (χ0n) is 13.6. The topological polar surface area (TPSA) is 45.6 Å². The summed E-state index contributed by atoms with van der Waals surface area (Å²) in [5, 5.41) is 7.42. The van der Waals surface area contributed by atoms with Gasteiger partial charge < -0.3 is 9.47 Å². The number of methoxy groups -OCH3 is 1. The van der Waals surface area contributed by atoms with Crippen molar-refractivity contribution in [3.05, 3.63) is 29.8 Å². The van der Waals surface area contributed by atoms with Crippen LogP contribution in [-0.2, 0) is 11.3 Å². The van der Waals surface area contributed by atoms with E-state index in [4.69, 9.17) is 14.9 Å². The Kier molecular flexibility index (Phi) is 7.23. The van der Waals surface area contributed by atoms with Gasteiger partial charge in [0, 0.05) is 13.0 Å². The highest BCUT2D eigenvalue weighted by Gasteiger charge is 2.10. The molecule has 122 valence electrons. The Balaban J connectivity index is 1.70. The van der Waals surface area contributed by atoms with E-state index in [0.717, 1.165) is 25.1 Å². The molecule has 0 aliphatic carbocycles. The van der Waals surface area contributed by atoms with Gasteiger partial charge in [-0.1, -0.05) is 18.6 Å². The highest BCUT2D eigenvalue weighted by Crippen LogP contribution is 2.18. The molecule has 4 nitrogen and oxygen atoms in total. The predicted molar refractivity (Wildman–Crippen MR) is 89.7 cm³/mol. The third kappa shape index (κ3) is 6.06.